The Morgan fingerprint density at radius 1 is 1.05 bits per heavy atom. The molecule has 0 radical (unpaired) electrons. The Kier molecular flexibility index (Phi) is 5.10. The number of benzene rings is 2. The minimum Gasteiger partial charge on any atom is -0.147 e. The summed E-state index contributed by atoms with van der Waals surface area (Å²) in [6.45, 7) is 4.62. The van der Waals surface area contributed by atoms with E-state index in [2.05, 4.69) is 73.8 Å². The molecular weight excluding hydrogens is 360 g/mol. The molecule has 2 heteroatoms. The van der Waals surface area contributed by atoms with Crippen molar-refractivity contribution in [2.75, 3.05) is 0 Å². The minimum atomic E-state index is 0.210. The maximum Gasteiger partial charge on any atom is -0.0195 e. The molecule has 2 aromatic rings. The van der Waals surface area contributed by atoms with E-state index in [4.69, 9.17) is 0 Å². The Morgan fingerprint density at radius 3 is 2.55 bits per heavy atom. The van der Waals surface area contributed by atoms with Gasteiger partial charge in [0, 0.05) is 0 Å². The van der Waals surface area contributed by atoms with Gasteiger partial charge in [0.05, 0.1) is 0 Å². The summed E-state index contributed by atoms with van der Waals surface area (Å²) in [6.07, 6.45) is 8.60. The van der Waals surface area contributed by atoms with Gasteiger partial charge in [-0.25, -0.2) is 0 Å². The largest absolute Gasteiger partial charge is 0.147 e. The second-order valence-corrected chi connectivity index (χ2v) is 15.3. The molecule has 0 saturated carbocycles. The summed E-state index contributed by atoms with van der Waals surface area (Å²) in [6, 6.07) is 16.7. The van der Waals surface area contributed by atoms with E-state index in [-0.39, 0.29) is 5.43 Å². The van der Waals surface area contributed by atoms with Gasteiger partial charge in [-0.1, -0.05) is 47.5 Å². The fourth-order valence-electron chi connectivity index (χ4n) is 2.89. The fraction of sp³-hybridized carbons (Fsp3) is 0.200. The molecule has 2 aromatic carbocycles. The summed E-state index contributed by atoms with van der Waals surface area (Å²) in [5, 5.41) is 0. The van der Waals surface area contributed by atoms with Crippen LogP contribution in [-0.2, 0) is 29.8 Å². The first-order valence-corrected chi connectivity index (χ1v) is 13.8. The third-order valence-corrected chi connectivity index (χ3v) is 3.82. The predicted octanol–water partition coefficient (Wildman–Crippen LogP) is 5.19. The van der Waals surface area contributed by atoms with Crippen LogP contribution in [0.4, 0.5) is 0 Å². The molecule has 22 heavy (non-hydrogen) atoms. The van der Waals surface area contributed by atoms with Crippen molar-refractivity contribution in [2.24, 2.45) is 0 Å². The van der Waals surface area contributed by atoms with Crippen molar-refractivity contribution in [3.05, 3.63) is 77.4 Å². The van der Waals surface area contributed by atoms with E-state index in [1.165, 1.54) is 33.4 Å². The van der Waals surface area contributed by atoms with Gasteiger partial charge < -0.3 is 0 Å². The van der Waals surface area contributed by atoms with Crippen molar-refractivity contribution in [1.29, 1.82) is 0 Å². The zero-order valence-electron chi connectivity index (χ0n) is 13.1. The summed E-state index contributed by atoms with van der Waals surface area (Å²) >= 11 is 1.74. The zero-order chi connectivity index (χ0) is 15.5. The first-order chi connectivity index (χ1) is 10.6. The Balaban J connectivity index is 0.000000325. The van der Waals surface area contributed by atoms with Crippen LogP contribution in [-0.4, -0.2) is 5.43 Å². The average Bonchev–Trinajstić information content (AvgIpc) is 3.13. The second-order valence-electron chi connectivity index (χ2n) is 5.92. The third kappa shape index (κ3) is 3.50. The average molecular weight is 379 g/mol. The molecule has 0 aliphatic heterocycles. The van der Waals surface area contributed by atoms with Crippen LogP contribution in [0.5, 0.6) is 0 Å². The first-order valence-electron chi connectivity index (χ1n) is 7.66. The van der Waals surface area contributed by atoms with Crippen molar-refractivity contribution in [3.63, 3.8) is 0 Å². The van der Waals surface area contributed by atoms with Gasteiger partial charge >= 0.3 is 41.9 Å². The van der Waals surface area contributed by atoms with Crippen LogP contribution in [0.15, 0.2) is 54.6 Å². The summed E-state index contributed by atoms with van der Waals surface area (Å²) < 4.78 is 0. The molecule has 0 bridgehead atoms. The molecule has 0 saturated heterocycles. The van der Waals surface area contributed by atoms with Gasteiger partial charge in [-0.3, -0.25) is 0 Å². The molecule has 0 fully saturated rings. The first kappa shape index (κ1) is 15.9. The number of hydrogen-bond donors (Lipinski definition) is 0. The van der Waals surface area contributed by atoms with E-state index in [1.54, 1.807) is 23.3 Å². The molecule has 0 amide bonds. The number of hydrogen-bond acceptors (Lipinski definition) is 0. The van der Waals surface area contributed by atoms with Gasteiger partial charge in [-0.05, 0) is 18.4 Å². The summed E-state index contributed by atoms with van der Waals surface area (Å²) in [5.74, 6) is 0. The van der Waals surface area contributed by atoms with Crippen LogP contribution in [0.25, 0.3) is 16.7 Å². The SMILES string of the molecule is C[Si](C)=[Zr].[c-]1c(C2=CC=CC2)ccc2c1Cc1ccccc1-2. The molecule has 4 rings (SSSR count). The van der Waals surface area contributed by atoms with E-state index in [0.29, 0.717) is 0 Å². The van der Waals surface area contributed by atoms with Gasteiger partial charge in [0.1, 0.15) is 0 Å². The van der Waals surface area contributed by atoms with E-state index < -0.39 is 0 Å². The molecular formula is C20H19SiZr-. The number of rotatable bonds is 1. The van der Waals surface area contributed by atoms with Crippen LogP contribution in [0.1, 0.15) is 23.1 Å². The van der Waals surface area contributed by atoms with E-state index in [1.807, 2.05) is 0 Å². The topological polar surface area (TPSA) is 0 Å². The Bertz CT molecular complexity index is 780. The molecule has 0 aromatic heterocycles. The van der Waals surface area contributed by atoms with E-state index in [0.717, 1.165) is 12.8 Å². The molecule has 2 aliphatic rings. The van der Waals surface area contributed by atoms with Gasteiger partial charge in [0.2, 0.25) is 0 Å². The van der Waals surface area contributed by atoms with Gasteiger partial charge in [-0.15, -0.1) is 41.0 Å². The van der Waals surface area contributed by atoms with E-state index in [9.17, 15) is 0 Å². The van der Waals surface area contributed by atoms with Crippen LogP contribution in [0.3, 0.4) is 0 Å². The maximum atomic E-state index is 3.61. The summed E-state index contributed by atoms with van der Waals surface area (Å²) in [7, 11) is 0. The maximum absolute atomic E-state index is 3.61. The summed E-state index contributed by atoms with van der Waals surface area (Å²) in [4.78, 5) is 0. The van der Waals surface area contributed by atoms with Crippen molar-refractivity contribution in [3.8, 4) is 11.1 Å². The number of fused-ring (bicyclic) bond motifs is 3. The quantitative estimate of drug-likeness (QED) is 0.404. The second kappa shape index (κ2) is 7.06. The van der Waals surface area contributed by atoms with Crippen molar-refractivity contribution in [1.82, 2.24) is 0 Å². The monoisotopic (exact) mass is 377 g/mol. The van der Waals surface area contributed by atoms with Gasteiger partial charge in [0.15, 0.2) is 0 Å². The zero-order valence-corrected chi connectivity index (χ0v) is 16.6. The molecule has 0 N–H and O–H groups in total. The number of allylic oxidation sites excluding steroid dienone is 4. The third-order valence-electron chi connectivity index (χ3n) is 3.82. The van der Waals surface area contributed by atoms with Crippen molar-refractivity contribution < 1.29 is 23.3 Å². The standard InChI is InChI=1S/C18H13.C2H6Si.Zr/c1-2-6-13(5-1)14-9-10-18-16(11-14)12-15-7-3-4-8-17(15)18;1-3-2;/h1-5,7-10H,6,12H2;1-2H3;/q-1;;. The van der Waals surface area contributed by atoms with Gasteiger partial charge in [0.25, 0.3) is 0 Å². The molecule has 0 spiro atoms. The van der Waals surface area contributed by atoms with Gasteiger partial charge in [-0.2, -0.15) is 0 Å². The van der Waals surface area contributed by atoms with Crippen LogP contribution >= 0.6 is 0 Å². The van der Waals surface area contributed by atoms with Crippen LogP contribution in [0.2, 0.25) is 13.1 Å². The fourth-order valence-corrected chi connectivity index (χ4v) is 2.89. The van der Waals surface area contributed by atoms with Crippen molar-refractivity contribution >= 4 is 11.0 Å². The van der Waals surface area contributed by atoms with E-state index >= 15 is 0 Å². The minimum absolute atomic E-state index is 0.210. The molecule has 0 unspecified atom stereocenters. The smallest absolute Gasteiger partial charge is 0.0195 e. The Hall–Kier alpha value is -0.980. The molecule has 0 nitrogen and oxygen atoms in total. The van der Waals surface area contributed by atoms with Crippen LogP contribution < -0.4 is 0 Å². The Morgan fingerprint density at radius 2 is 1.82 bits per heavy atom. The normalized spacial score (nSPS) is 13.8. The molecule has 0 atom stereocenters. The summed E-state index contributed by atoms with van der Waals surface area (Å²) in [5.41, 5.74) is 8.37. The molecule has 2 aliphatic carbocycles. The van der Waals surface area contributed by atoms with Crippen LogP contribution in [0, 0.1) is 6.07 Å². The Labute approximate surface area is 148 Å². The predicted molar refractivity (Wildman–Crippen MR) is 92.7 cm³/mol. The van der Waals surface area contributed by atoms with Crippen molar-refractivity contribution in [2.45, 2.75) is 25.9 Å². The molecule has 108 valence electrons. The molecule has 0 heterocycles.